The van der Waals surface area contributed by atoms with Gasteiger partial charge in [0.1, 0.15) is 5.56 Å². The lowest BCUT2D eigenvalue weighted by Gasteiger charge is -2.08. The molecular weight excluding hydrogens is 420 g/mol. The average molecular weight is 435 g/mol. The van der Waals surface area contributed by atoms with Gasteiger partial charge in [-0.05, 0) is 48.5 Å². The summed E-state index contributed by atoms with van der Waals surface area (Å²) in [6.45, 7) is 0. The highest BCUT2D eigenvalue weighted by Gasteiger charge is 2.14. The second kappa shape index (κ2) is 7.94. The van der Waals surface area contributed by atoms with Crippen molar-refractivity contribution in [2.45, 2.75) is 4.90 Å². The summed E-state index contributed by atoms with van der Waals surface area (Å²) in [5.74, 6) is -0.533. The van der Waals surface area contributed by atoms with E-state index in [9.17, 15) is 23.1 Å². The van der Waals surface area contributed by atoms with Gasteiger partial charge in [0, 0.05) is 24.0 Å². The van der Waals surface area contributed by atoms with Crippen molar-refractivity contribution in [1.29, 1.82) is 0 Å². The first kappa shape index (κ1) is 20.4. The molecule has 150 valence electrons. The van der Waals surface area contributed by atoms with Crippen molar-refractivity contribution >= 4 is 39.2 Å². The van der Waals surface area contributed by atoms with Crippen LogP contribution in [0, 0.1) is 0 Å². The number of rotatable bonds is 5. The molecule has 0 atom stereocenters. The van der Waals surface area contributed by atoms with Gasteiger partial charge in [0.25, 0.3) is 15.6 Å². The number of hydrogen-bond donors (Lipinski definition) is 3. The molecule has 2 aromatic carbocycles. The van der Waals surface area contributed by atoms with E-state index in [1.54, 1.807) is 12.1 Å². The van der Waals surface area contributed by atoms with Crippen LogP contribution in [0.25, 0.3) is 0 Å². The molecule has 1 aromatic heterocycles. The maximum atomic E-state index is 12.4. The summed E-state index contributed by atoms with van der Waals surface area (Å²) < 4.78 is 28.2. The van der Waals surface area contributed by atoms with Crippen LogP contribution < -0.4 is 16.0 Å². The molecule has 0 bridgehead atoms. The zero-order valence-corrected chi connectivity index (χ0v) is 16.5. The Bertz CT molecular complexity index is 1290. The summed E-state index contributed by atoms with van der Waals surface area (Å²) in [5, 5.41) is 10.4. The molecule has 3 aromatic rings. The topological polar surface area (TPSA) is 134 Å². The minimum Gasteiger partial charge on any atom is -0.494 e. The van der Waals surface area contributed by atoms with Crippen LogP contribution in [0.4, 0.5) is 11.4 Å². The Morgan fingerprint density at radius 1 is 1.10 bits per heavy atom. The molecule has 0 aliphatic heterocycles. The van der Waals surface area contributed by atoms with E-state index in [-0.39, 0.29) is 10.5 Å². The number of sulfonamides is 1. The normalized spacial score (nSPS) is 11.7. The van der Waals surface area contributed by atoms with E-state index in [0.717, 1.165) is 10.8 Å². The highest BCUT2D eigenvalue weighted by atomic mass is 35.5. The van der Waals surface area contributed by atoms with Gasteiger partial charge in [-0.15, -0.1) is 0 Å². The van der Waals surface area contributed by atoms with Gasteiger partial charge < -0.3 is 5.11 Å². The van der Waals surface area contributed by atoms with E-state index in [4.69, 9.17) is 11.6 Å². The Balaban J connectivity index is 1.83. The number of hydrogen-bond acceptors (Lipinski definition) is 6. The molecule has 0 fully saturated rings. The van der Waals surface area contributed by atoms with Gasteiger partial charge in [-0.3, -0.25) is 24.1 Å². The molecule has 3 rings (SSSR count). The molecule has 0 aliphatic rings. The van der Waals surface area contributed by atoms with E-state index in [2.05, 4.69) is 9.71 Å². The Hall–Kier alpha value is -3.37. The lowest BCUT2D eigenvalue weighted by atomic mass is 10.3. The first-order valence-corrected chi connectivity index (χ1v) is 9.98. The number of aromatic nitrogens is 2. The SMILES string of the molecule is Cn1c(O)c(C=Nc2ccc(S(=O)(=O)Nc3ccc(Cl)cc3)cc2)c(=O)[nH]c1=O. The Morgan fingerprint density at radius 2 is 1.72 bits per heavy atom. The fraction of sp³-hybridized carbons (Fsp3) is 0.0556. The van der Waals surface area contributed by atoms with Crippen molar-refractivity contribution in [2.24, 2.45) is 12.0 Å². The molecule has 0 saturated heterocycles. The molecule has 0 unspecified atom stereocenters. The summed E-state index contributed by atoms with van der Waals surface area (Å²) in [5.41, 5.74) is -1.05. The van der Waals surface area contributed by atoms with Crippen LogP contribution in [0.5, 0.6) is 5.88 Å². The molecule has 29 heavy (non-hydrogen) atoms. The summed E-state index contributed by atoms with van der Waals surface area (Å²) in [7, 11) is -2.52. The Kier molecular flexibility index (Phi) is 5.57. The first-order valence-electron chi connectivity index (χ1n) is 8.12. The summed E-state index contributed by atoms with van der Waals surface area (Å²) >= 11 is 5.78. The molecule has 1 heterocycles. The monoisotopic (exact) mass is 434 g/mol. The number of anilines is 1. The van der Waals surface area contributed by atoms with Gasteiger partial charge in [0.2, 0.25) is 5.88 Å². The maximum absolute atomic E-state index is 12.4. The summed E-state index contributed by atoms with van der Waals surface area (Å²) in [6, 6.07) is 11.7. The van der Waals surface area contributed by atoms with E-state index in [1.807, 2.05) is 4.98 Å². The second-order valence-electron chi connectivity index (χ2n) is 5.92. The van der Waals surface area contributed by atoms with Crippen LogP contribution in [0.1, 0.15) is 5.56 Å². The average Bonchev–Trinajstić information content (AvgIpc) is 2.68. The quantitative estimate of drug-likeness (QED) is 0.528. The second-order valence-corrected chi connectivity index (χ2v) is 8.04. The number of nitrogens with zero attached hydrogens (tertiary/aromatic N) is 2. The zero-order chi connectivity index (χ0) is 21.2. The predicted octanol–water partition coefficient (Wildman–Crippen LogP) is 1.98. The standard InChI is InChI=1S/C18H15ClN4O5S/c1-23-17(25)15(16(24)21-18(23)26)10-20-12-6-8-14(9-7-12)29(27,28)22-13-4-2-11(19)3-5-13/h2-10,22,25H,1H3,(H,21,24,26). The molecule has 0 amide bonds. The fourth-order valence-electron chi connectivity index (χ4n) is 2.33. The third kappa shape index (κ3) is 4.55. The minimum absolute atomic E-state index is 0.00852. The largest absolute Gasteiger partial charge is 0.494 e. The van der Waals surface area contributed by atoms with Gasteiger partial charge in [0.15, 0.2) is 0 Å². The van der Waals surface area contributed by atoms with Crippen LogP contribution in [-0.2, 0) is 17.1 Å². The van der Waals surface area contributed by atoms with Gasteiger partial charge >= 0.3 is 5.69 Å². The number of aromatic amines is 1. The number of benzene rings is 2. The van der Waals surface area contributed by atoms with Crippen LogP contribution in [0.15, 0.2) is 68.0 Å². The molecular formula is C18H15ClN4O5S. The van der Waals surface area contributed by atoms with Crippen molar-refractivity contribution < 1.29 is 13.5 Å². The molecule has 0 aliphatic carbocycles. The summed E-state index contributed by atoms with van der Waals surface area (Å²) in [4.78, 5) is 29.3. The van der Waals surface area contributed by atoms with Crippen molar-refractivity contribution in [3.05, 3.63) is 80.0 Å². The lowest BCUT2D eigenvalue weighted by Crippen LogP contribution is -2.30. The first-order chi connectivity index (χ1) is 13.7. The van der Waals surface area contributed by atoms with E-state index in [0.29, 0.717) is 16.4 Å². The van der Waals surface area contributed by atoms with Crippen molar-refractivity contribution in [3.63, 3.8) is 0 Å². The number of aliphatic imine (C=N–C) groups is 1. The predicted molar refractivity (Wildman–Crippen MR) is 110 cm³/mol. The van der Waals surface area contributed by atoms with Gasteiger partial charge in [-0.1, -0.05) is 11.6 Å². The van der Waals surface area contributed by atoms with E-state index >= 15 is 0 Å². The van der Waals surface area contributed by atoms with Crippen LogP contribution in [-0.4, -0.2) is 29.3 Å². The van der Waals surface area contributed by atoms with Crippen LogP contribution >= 0.6 is 11.6 Å². The molecule has 0 radical (unpaired) electrons. The molecule has 11 heteroatoms. The van der Waals surface area contributed by atoms with Crippen LogP contribution in [0.2, 0.25) is 5.02 Å². The third-order valence-electron chi connectivity index (χ3n) is 3.91. The zero-order valence-electron chi connectivity index (χ0n) is 15.0. The van der Waals surface area contributed by atoms with E-state index < -0.39 is 27.2 Å². The van der Waals surface area contributed by atoms with Crippen LogP contribution in [0.3, 0.4) is 0 Å². The molecule has 3 N–H and O–H groups in total. The number of nitrogens with one attached hydrogen (secondary N) is 2. The van der Waals surface area contributed by atoms with E-state index in [1.165, 1.54) is 43.4 Å². The third-order valence-corrected chi connectivity index (χ3v) is 5.56. The highest BCUT2D eigenvalue weighted by molar-refractivity contribution is 7.92. The fourth-order valence-corrected chi connectivity index (χ4v) is 3.51. The Morgan fingerprint density at radius 3 is 2.34 bits per heavy atom. The summed E-state index contributed by atoms with van der Waals surface area (Å²) in [6.07, 6.45) is 1.09. The smallest absolute Gasteiger partial charge is 0.330 e. The lowest BCUT2D eigenvalue weighted by molar-refractivity contribution is 0.417. The van der Waals surface area contributed by atoms with Crippen molar-refractivity contribution in [1.82, 2.24) is 9.55 Å². The molecule has 0 saturated carbocycles. The number of halogens is 1. The van der Waals surface area contributed by atoms with Gasteiger partial charge in [-0.25, -0.2) is 13.2 Å². The molecule has 0 spiro atoms. The van der Waals surface area contributed by atoms with Gasteiger partial charge in [-0.2, -0.15) is 0 Å². The van der Waals surface area contributed by atoms with Crippen molar-refractivity contribution in [3.8, 4) is 5.88 Å². The van der Waals surface area contributed by atoms with Crippen molar-refractivity contribution in [2.75, 3.05) is 4.72 Å². The highest BCUT2D eigenvalue weighted by Crippen LogP contribution is 2.21. The number of aromatic hydroxyl groups is 1. The minimum atomic E-state index is -3.81. The van der Waals surface area contributed by atoms with Gasteiger partial charge in [0.05, 0.1) is 10.6 Å². The maximum Gasteiger partial charge on any atom is 0.330 e. The molecule has 9 nitrogen and oxygen atoms in total. The number of H-pyrrole nitrogens is 1. The Labute approximate surface area is 170 Å².